The van der Waals surface area contributed by atoms with Crippen LogP contribution in [0.3, 0.4) is 0 Å². The van der Waals surface area contributed by atoms with Gasteiger partial charge in [-0.3, -0.25) is 0 Å². The summed E-state index contributed by atoms with van der Waals surface area (Å²) in [6.07, 6.45) is 5.56. The van der Waals surface area contributed by atoms with Gasteiger partial charge in [-0.05, 0) is 139 Å². The fourth-order valence-electron chi connectivity index (χ4n) is 4.49. The van der Waals surface area contributed by atoms with Crippen molar-refractivity contribution in [3.63, 3.8) is 0 Å². The zero-order valence-electron chi connectivity index (χ0n) is 46.3. The fraction of sp³-hybridized carbons (Fsp3) is 0.529. The second-order valence-corrected chi connectivity index (χ2v) is 27.4. The highest BCUT2D eigenvalue weighted by molar-refractivity contribution is 8.14. The van der Waals surface area contributed by atoms with Crippen LogP contribution in [0.2, 0.25) is 0 Å². The molecule has 0 radical (unpaired) electrons. The van der Waals surface area contributed by atoms with Crippen molar-refractivity contribution in [2.75, 3.05) is 79.2 Å². The molecule has 0 bridgehead atoms. The maximum Gasteiger partial charge on any atom is 0.353 e. The van der Waals surface area contributed by atoms with Crippen molar-refractivity contribution in [1.82, 2.24) is 0 Å². The van der Waals surface area contributed by atoms with E-state index in [1.54, 1.807) is 0 Å². The highest BCUT2D eigenvalue weighted by Gasteiger charge is 2.33. The molecule has 15 N–H and O–H groups in total. The zero-order valence-corrected chi connectivity index (χ0v) is 51.2. The lowest BCUT2D eigenvalue weighted by Gasteiger charge is -2.22. The molecule has 0 aromatic rings. The standard InChI is InChI=1S/C25H36O7S3.C19H26O5S2.C7H14O3S.6H2O/c1-9-10-11-12-19(2)30-24(28)21(14-17-34(5)6)32-25(29)22(15-18-35(7)8)31-23(27)20(26)13-16-33(3)4;1-7-8-9-10-15(2)23-19(22)17(12-14-26(5)6)24-18(21)16(20)11-13-25(3)4;1-10-7(9)6(8)4-5-11(2)3;;;;;;/h20-22,26H,1,3,5,7,13-18H2,2,4,6,8H3;16-17,20H,1,3,5,11-14H2,2,4,6H3;6,8H,2,4-5H2,1,3H3;6*1H2. The van der Waals surface area contributed by atoms with E-state index in [0.29, 0.717) is 35.2 Å². The Hall–Kier alpha value is -4.50. The van der Waals surface area contributed by atoms with E-state index >= 15 is 0 Å². The van der Waals surface area contributed by atoms with Gasteiger partial charge in [0.2, 0.25) is 0 Å². The lowest BCUT2D eigenvalue weighted by Crippen LogP contribution is -2.38. The molecule has 0 aromatic heterocycles. The van der Waals surface area contributed by atoms with Crippen LogP contribution in [0.25, 0.3) is 0 Å². The Balaban J connectivity index is -0.000000140. The number of hydrogen-bond acceptors (Lipinski definition) is 15. The minimum Gasteiger partial charge on any atom is -0.467 e. The molecule has 27 heteroatoms. The quantitative estimate of drug-likeness (QED) is 0.0305. The zero-order chi connectivity index (χ0) is 55.9. The molecule has 0 saturated heterocycles. The van der Waals surface area contributed by atoms with Gasteiger partial charge >= 0.3 is 35.8 Å². The van der Waals surface area contributed by atoms with Crippen LogP contribution < -0.4 is 0 Å². The van der Waals surface area contributed by atoms with Crippen molar-refractivity contribution in [3.8, 4) is 0 Å². The molecule has 12 unspecified atom stereocenters. The van der Waals surface area contributed by atoms with Crippen molar-refractivity contribution >= 4 is 134 Å². The molecule has 0 aromatic carbocycles. The topological polar surface area (TPSA) is 407 Å². The summed E-state index contributed by atoms with van der Waals surface area (Å²) in [6.45, 7) is 9.64. The molecule has 0 saturated carbocycles. The first-order valence-corrected chi connectivity index (χ1v) is 33.4. The molecule has 454 valence electrons. The van der Waals surface area contributed by atoms with E-state index in [9.17, 15) is 39.0 Å². The Morgan fingerprint density at radius 2 is 0.628 bits per heavy atom. The molecule has 0 rings (SSSR count). The minimum absolute atomic E-state index is 0. The van der Waals surface area contributed by atoms with E-state index in [2.05, 4.69) is 99.0 Å². The molecule has 21 nitrogen and oxygen atoms in total. The van der Waals surface area contributed by atoms with Gasteiger partial charge in [-0.2, -0.15) is 62.9 Å². The largest absolute Gasteiger partial charge is 0.467 e. The van der Waals surface area contributed by atoms with Gasteiger partial charge in [0.25, 0.3) is 0 Å². The van der Waals surface area contributed by atoms with E-state index in [1.807, 2.05) is 37.5 Å². The second-order valence-electron chi connectivity index (χ2n) is 15.6. The first-order valence-electron chi connectivity index (χ1n) is 21.5. The van der Waals surface area contributed by atoms with E-state index in [4.69, 9.17) is 28.8 Å². The number of esters is 6. The summed E-state index contributed by atoms with van der Waals surface area (Å²) in [5.41, 5.74) is 19.6. The average molecular weight is 1230 g/mol. The van der Waals surface area contributed by atoms with Gasteiger partial charge in [-0.25, -0.2) is 28.8 Å². The summed E-state index contributed by atoms with van der Waals surface area (Å²) in [5, 5.41) is 29.1. The molecule has 0 heterocycles. The molecule has 12 atom stereocenters. The number of aliphatic hydroxyl groups is 3. The van der Waals surface area contributed by atoms with Crippen molar-refractivity contribution < 1.29 is 105 Å². The van der Waals surface area contributed by atoms with E-state index < -0.39 is 72.4 Å². The van der Waals surface area contributed by atoms with Gasteiger partial charge in [0.15, 0.2) is 48.1 Å². The van der Waals surface area contributed by atoms with Crippen LogP contribution in [0.1, 0.15) is 52.4 Å². The van der Waals surface area contributed by atoms with Crippen LogP contribution in [-0.4, -0.2) is 235 Å². The third-order valence-electron chi connectivity index (χ3n) is 8.27. The number of ether oxygens (including phenoxy) is 6. The molecule has 0 fully saturated rings. The Morgan fingerprint density at radius 3 is 0.872 bits per heavy atom. The number of hydrogen-bond donors (Lipinski definition) is 3. The number of carbonyl (C=O) groups is 6. The Morgan fingerprint density at radius 1 is 0.397 bits per heavy atom. The Kier molecular flexibility index (Phi) is 66.4. The predicted molar refractivity (Wildman–Crippen MR) is 332 cm³/mol. The van der Waals surface area contributed by atoms with E-state index in [1.165, 1.54) is 21.0 Å². The second kappa shape index (κ2) is 55.8. The number of allylic oxidation sites excluding steroid dienone is 2. The molecule has 78 heavy (non-hydrogen) atoms. The van der Waals surface area contributed by atoms with Gasteiger partial charge in [0.1, 0.15) is 0 Å². The summed E-state index contributed by atoms with van der Waals surface area (Å²) in [6, 6.07) is 0. The maximum absolute atomic E-state index is 12.9. The molecular formula is C51H88O21S6. The number of carbonyl (C=O) groups excluding carboxylic acids is 6. The normalized spacial score (nSPS) is 13.8. The molecule has 0 amide bonds. The van der Waals surface area contributed by atoms with Crippen molar-refractivity contribution in [2.45, 2.75) is 89.0 Å². The van der Waals surface area contributed by atoms with Crippen LogP contribution in [0, 0.1) is 0 Å². The number of rotatable bonds is 29. The number of aliphatic hydroxyl groups excluding tert-OH is 3. The lowest BCUT2D eigenvalue weighted by molar-refractivity contribution is -0.180. The summed E-state index contributed by atoms with van der Waals surface area (Å²) < 4.78 is 30.6. The maximum atomic E-state index is 12.9. The first kappa shape index (κ1) is 92.9. The molecule has 0 aliphatic heterocycles. The Labute approximate surface area is 475 Å². The predicted octanol–water partition coefficient (Wildman–Crippen LogP) is 0.721. The summed E-state index contributed by atoms with van der Waals surface area (Å²) in [5.74, 6) is 22.1. The van der Waals surface area contributed by atoms with Crippen LogP contribution in [0.5, 0.6) is 0 Å². The summed E-state index contributed by atoms with van der Waals surface area (Å²) in [4.78, 5) is 73.0. The molecular weight excluding hydrogens is 1140 g/mol. The van der Waals surface area contributed by atoms with Crippen LogP contribution >= 0.6 is 62.9 Å². The van der Waals surface area contributed by atoms with Gasteiger partial charge < -0.3 is 76.6 Å². The van der Waals surface area contributed by atoms with E-state index in [0.717, 1.165) is 5.75 Å². The van der Waals surface area contributed by atoms with E-state index in [-0.39, 0.29) is 139 Å². The van der Waals surface area contributed by atoms with Gasteiger partial charge in [-0.1, -0.05) is 46.7 Å². The van der Waals surface area contributed by atoms with Gasteiger partial charge in [0, 0.05) is 33.1 Å². The number of methoxy groups -OCH3 is 1. The highest BCUT2D eigenvalue weighted by Crippen LogP contribution is 2.19. The Bertz CT molecular complexity index is 2320. The first-order chi connectivity index (χ1) is 33.6. The summed E-state index contributed by atoms with van der Waals surface area (Å²) in [7, 11) is 0.206. The summed E-state index contributed by atoms with van der Waals surface area (Å²) >= 11 is 0. The molecule has 0 spiro atoms. The van der Waals surface area contributed by atoms with Crippen LogP contribution in [0.4, 0.5) is 0 Å². The fourth-order valence-corrected chi connectivity index (χ4v) is 8.22. The van der Waals surface area contributed by atoms with Crippen molar-refractivity contribution in [1.29, 1.82) is 0 Å². The van der Waals surface area contributed by atoms with Gasteiger partial charge in [0.05, 0.1) is 7.11 Å². The average Bonchev–Trinajstić information content (AvgIpc) is 3.30. The van der Waals surface area contributed by atoms with Crippen molar-refractivity contribution in [3.05, 3.63) is 70.5 Å². The monoisotopic (exact) mass is 1230 g/mol. The third kappa shape index (κ3) is 53.5. The van der Waals surface area contributed by atoms with Crippen molar-refractivity contribution in [2.24, 2.45) is 0 Å². The lowest BCUT2D eigenvalue weighted by atomic mass is 10.2. The smallest absolute Gasteiger partial charge is 0.353 e. The molecule has 0 aliphatic carbocycles. The van der Waals surface area contributed by atoms with Gasteiger partial charge in [-0.15, -0.1) is 0 Å². The minimum atomic E-state index is -1.38. The molecule has 0 aliphatic rings. The van der Waals surface area contributed by atoms with Crippen LogP contribution in [-0.2, 0) is 57.2 Å². The third-order valence-corrected chi connectivity index (χ3v) is 13.9. The van der Waals surface area contributed by atoms with Crippen LogP contribution in [0.15, 0.2) is 70.5 Å². The SMILES string of the molecule is C=C=C=C=C=C(C)OC(=O)C(CCS(=C)C)OC(=O)C(CCS(=C)C)OC(=O)C(O)CCS(=C)C.C=C=C=C=C=C(C)OC(=O)C(CCS(=C)C)OC(=O)C(O)CCS(=C)C.C=S(C)CCC(O)C(=O)OC.O.O.O.O.O.O. The highest BCUT2D eigenvalue weighted by atomic mass is 32.2.